The summed E-state index contributed by atoms with van der Waals surface area (Å²) in [7, 11) is 0. The van der Waals surface area contributed by atoms with Crippen molar-refractivity contribution in [2.75, 3.05) is 31.4 Å². The quantitative estimate of drug-likeness (QED) is 0.387. The van der Waals surface area contributed by atoms with Crippen LogP contribution in [-0.4, -0.2) is 71.2 Å². The highest BCUT2D eigenvalue weighted by Gasteiger charge is 2.46. The Hall–Kier alpha value is -1.32. The fraction of sp³-hybridized carbons (Fsp3) is 0.654. The van der Waals surface area contributed by atoms with Crippen molar-refractivity contribution in [3.05, 3.63) is 35.4 Å². The Bertz CT molecular complexity index is 889. The summed E-state index contributed by atoms with van der Waals surface area (Å²) in [6, 6.07) is 7.86. The first-order chi connectivity index (χ1) is 16.5. The number of fused-ring (bicyclic) bond motifs is 1. The lowest BCUT2D eigenvalue weighted by molar-refractivity contribution is -0.174. The second kappa shape index (κ2) is 12.1. The number of benzene rings is 1. The maximum Gasteiger partial charge on any atom is 0.241 e. The van der Waals surface area contributed by atoms with Crippen LogP contribution in [0.25, 0.3) is 0 Å². The maximum atomic E-state index is 13.6. The Kier molecular flexibility index (Phi) is 9.15. The van der Waals surface area contributed by atoms with E-state index in [1.807, 2.05) is 18.7 Å². The molecule has 1 amide bonds. The van der Waals surface area contributed by atoms with E-state index < -0.39 is 18.2 Å². The molecule has 34 heavy (non-hydrogen) atoms. The summed E-state index contributed by atoms with van der Waals surface area (Å²) in [4.78, 5) is 29.4. The van der Waals surface area contributed by atoms with Gasteiger partial charge in [0.05, 0.1) is 17.8 Å². The second-order valence-electron chi connectivity index (χ2n) is 9.34. The lowest BCUT2D eigenvalue weighted by Crippen LogP contribution is -2.54. The molecule has 3 aliphatic rings. The molecule has 2 heterocycles. The number of carbonyl (C=O) groups is 2. The van der Waals surface area contributed by atoms with Gasteiger partial charge in [0.1, 0.15) is 11.8 Å². The first-order valence-electron chi connectivity index (χ1n) is 12.5. The zero-order valence-corrected chi connectivity index (χ0v) is 21.8. The van der Waals surface area contributed by atoms with E-state index >= 15 is 0 Å². The molecule has 2 aliphatic heterocycles. The minimum Gasteiger partial charge on any atom is -0.351 e. The molecule has 4 rings (SSSR count). The average molecular weight is 505 g/mol. The Morgan fingerprint density at radius 1 is 1.21 bits per heavy atom. The third-order valence-electron chi connectivity index (χ3n) is 7.22. The molecule has 0 radical (unpaired) electrons. The first-order valence-corrected chi connectivity index (χ1v) is 14.1. The van der Waals surface area contributed by atoms with E-state index in [0.29, 0.717) is 42.8 Å². The molecule has 1 aromatic rings. The van der Waals surface area contributed by atoms with Gasteiger partial charge < -0.3 is 19.7 Å². The van der Waals surface area contributed by atoms with Gasteiger partial charge in [-0.05, 0) is 56.6 Å². The van der Waals surface area contributed by atoms with E-state index in [-0.39, 0.29) is 17.7 Å². The molecule has 186 valence electrons. The third kappa shape index (κ3) is 5.73. The zero-order valence-electron chi connectivity index (χ0n) is 20.2. The number of hydrogen-bond donors (Lipinski definition) is 1. The number of thiocarbonyl (C=S) groups is 1. The summed E-state index contributed by atoms with van der Waals surface area (Å²) in [5.41, 5.74) is 2.85. The molecule has 0 aromatic heterocycles. The number of ether oxygens (including phenoxy) is 2. The number of hydrogen-bond acceptors (Lipinski definition) is 7. The Labute approximate surface area is 212 Å². The van der Waals surface area contributed by atoms with Gasteiger partial charge in [0, 0.05) is 36.8 Å². The summed E-state index contributed by atoms with van der Waals surface area (Å²) in [5.74, 6) is 1.35. The van der Waals surface area contributed by atoms with Crippen molar-refractivity contribution < 1.29 is 19.1 Å². The number of ketones is 1. The van der Waals surface area contributed by atoms with E-state index in [9.17, 15) is 9.59 Å². The van der Waals surface area contributed by atoms with Gasteiger partial charge >= 0.3 is 0 Å². The fourth-order valence-corrected chi connectivity index (χ4v) is 6.98. The Morgan fingerprint density at radius 3 is 2.68 bits per heavy atom. The lowest BCUT2D eigenvalue weighted by atomic mass is 9.80. The van der Waals surface area contributed by atoms with Gasteiger partial charge in [0.15, 0.2) is 6.29 Å². The molecule has 0 bridgehead atoms. The summed E-state index contributed by atoms with van der Waals surface area (Å²) < 4.78 is 11.6. The van der Waals surface area contributed by atoms with Gasteiger partial charge in [0.2, 0.25) is 5.91 Å². The van der Waals surface area contributed by atoms with Crippen molar-refractivity contribution in [2.24, 2.45) is 11.8 Å². The number of carbonyl (C=O) groups excluding carboxylic acids is 2. The lowest BCUT2D eigenvalue weighted by Gasteiger charge is -2.33. The predicted molar refractivity (Wildman–Crippen MR) is 139 cm³/mol. The molecule has 6 nitrogen and oxygen atoms in total. The Balaban J connectivity index is 1.38. The van der Waals surface area contributed by atoms with Crippen molar-refractivity contribution in [3.8, 4) is 0 Å². The average Bonchev–Trinajstić information content (AvgIpc) is 3.49. The topological polar surface area (TPSA) is 67.9 Å². The molecule has 1 N–H and O–H groups in total. The minimum absolute atomic E-state index is 0.0656. The highest BCUT2D eigenvalue weighted by Crippen LogP contribution is 2.31. The van der Waals surface area contributed by atoms with Crippen molar-refractivity contribution in [1.29, 1.82) is 0 Å². The van der Waals surface area contributed by atoms with Gasteiger partial charge in [-0.3, -0.25) is 9.59 Å². The van der Waals surface area contributed by atoms with Crippen molar-refractivity contribution in [2.45, 2.75) is 64.3 Å². The van der Waals surface area contributed by atoms with E-state index in [0.717, 1.165) is 31.4 Å². The third-order valence-corrected chi connectivity index (χ3v) is 8.65. The monoisotopic (exact) mass is 504 g/mol. The van der Waals surface area contributed by atoms with Gasteiger partial charge in [-0.25, -0.2) is 0 Å². The van der Waals surface area contributed by atoms with Gasteiger partial charge in [-0.1, -0.05) is 36.5 Å². The zero-order chi connectivity index (χ0) is 24.1. The van der Waals surface area contributed by atoms with Gasteiger partial charge in [-0.15, -0.1) is 11.8 Å². The molecule has 1 aliphatic carbocycles. The van der Waals surface area contributed by atoms with Crippen LogP contribution in [0.15, 0.2) is 24.3 Å². The van der Waals surface area contributed by atoms with E-state index in [2.05, 4.69) is 29.6 Å². The minimum atomic E-state index is -0.586. The van der Waals surface area contributed by atoms with E-state index in [1.165, 1.54) is 11.1 Å². The number of aryl methyl sites for hydroxylation is 1. The number of nitrogens with zero attached hydrogens (tertiary/aromatic N) is 1. The van der Waals surface area contributed by atoms with Crippen molar-refractivity contribution in [1.82, 2.24) is 10.2 Å². The smallest absolute Gasteiger partial charge is 0.241 e. The highest BCUT2D eigenvalue weighted by atomic mass is 32.2. The number of nitrogens with one attached hydrogen (secondary N) is 1. The molecule has 1 aromatic carbocycles. The maximum absolute atomic E-state index is 13.6. The Morgan fingerprint density at radius 2 is 1.94 bits per heavy atom. The van der Waals surface area contributed by atoms with Crippen LogP contribution >= 0.6 is 24.0 Å². The summed E-state index contributed by atoms with van der Waals surface area (Å²) in [6.07, 6.45) is 4.10. The molecule has 2 saturated heterocycles. The van der Waals surface area contributed by atoms with E-state index in [4.69, 9.17) is 21.7 Å². The number of Topliss-reactive ketones (excluding diaryl/α,β-unsaturated/α-hetero) is 1. The fourth-order valence-electron chi connectivity index (χ4n) is 5.43. The van der Waals surface area contributed by atoms with Crippen LogP contribution < -0.4 is 5.32 Å². The van der Waals surface area contributed by atoms with Gasteiger partial charge in [-0.2, -0.15) is 0 Å². The normalized spacial score (nSPS) is 26.8. The molecule has 0 saturated carbocycles. The second-order valence-corrected chi connectivity index (χ2v) is 10.9. The number of amides is 1. The summed E-state index contributed by atoms with van der Waals surface area (Å²) in [6.45, 7) is 5.33. The van der Waals surface area contributed by atoms with Crippen LogP contribution in [0.3, 0.4) is 0 Å². The van der Waals surface area contributed by atoms with Gasteiger partial charge in [0.25, 0.3) is 0 Å². The van der Waals surface area contributed by atoms with E-state index in [1.54, 1.807) is 11.8 Å². The highest BCUT2D eigenvalue weighted by molar-refractivity contribution is 7.99. The van der Waals surface area contributed by atoms with Crippen LogP contribution in [0, 0.1) is 11.8 Å². The summed E-state index contributed by atoms with van der Waals surface area (Å²) in [5, 5.41) is 3.24. The first kappa shape index (κ1) is 25.8. The molecular weight excluding hydrogens is 468 g/mol. The predicted octanol–water partition coefficient (Wildman–Crippen LogP) is 3.40. The number of rotatable bonds is 10. The molecule has 4 atom stereocenters. The molecule has 0 spiro atoms. The molecule has 2 fully saturated rings. The van der Waals surface area contributed by atoms with Crippen LogP contribution in [-0.2, 0) is 31.9 Å². The van der Waals surface area contributed by atoms with Crippen LogP contribution in [0.1, 0.15) is 44.2 Å². The van der Waals surface area contributed by atoms with Crippen molar-refractivity contribution >= 4 is 40.5 Å². The standard InChI is InChI=1S/C26H36N2O4S2/c1-3-31-26(32-4-2)20-15-34-16-28(20)25(30)24-23(22(33)14-27-24)21(29)12-10-17-9-11-18-7-5-6-8-19(18)13-17/h5-8,17,20,23-24,26-27H,3-4,9-16H2,1-2H3/t17-,20+,23?,24+/m1/s1. The van der Waals surface area contributed by atoms with Crippen LogP contribution in [0.2, 0.25) is 0 Å². The summed E-state index contributed by atoms with van der Waals surface area (Å²) >= 11 is 7.26. The largest absolute Gasteiger partial charge is 0.351 e. The SMILES string of the molecule is CCOC(OCC)[C@@H]1CSCN1C(=O)[C@H]1NCC(=S)C1C(=O)CC[C@H]1CCc2ccccc2C1. The molecule has 8 heteroatoms. The van der Waals surface area contributed by atoms with Crippen LogP contribution in [0.4, 0.5) is 0 Å². The van der Waals surface area contributed by atoms with Crippen LogP contribution in [0.5, 0.6) is 0 Å². The number of thioether (sulfide) groups is 1. The van der Waals surface area contributed by atoms with Crippen molar-refractivity contribution in [3.63, 3.8) is 0 Å². The molecule has 1 unspecified atom stereocenters. The molecular formula is C26H36N2O4S2.